The van der Waals surface area contributed by atoms with Crippen LogP contribution in [0.25, 0.3) is 0 Å². The molecule has 2 aromatic rings. The first-order valence-electron chi connectivity index (χ1n) is 7.15. The second kappa shape index (κ2) is 7.27. The molecule has 0 saturated heterocycles. The molecular formula is C17H17N3O3. The first-order valence-corrected chi connectivity index (χ1v) is 7.15. The largest absolute Gasteiger partial charge is 0.497 e. The maximum Gasteiger partial charge on any atom is 0.293 e. The average Bonchev–Trinajstić information content (AvgIpc) is 2.59. The van der Waals surface area contributed by atoms with Crippen molar-refractivity contribution in [2.45, 2.75) is 13.5 Å². The van der Waals surface area contributed by atoms with E-state index in [1.165, 1.54) is 6.07 Å². The average molecular weight is 311 g/mol. The number of hydrogen-bond acceptors (Lipinski definition) is 5. The van der Waals surface area contributed by atoms with Gasteiger partial charge in [0.05, 0.1) is 23.7 Å². The van der Waals surface area contributed by atoms with Crippen LogP contribution in [0.2, 0.25) is 0 Å². The summed E-state index contributed by atoms with van der Waals surface area (Å²) in [6.45, 7) is 3.08. The highest BCUT2D eigenvalue weighted by Gasteiger charge is 2.19. The Hall–Kier alpha value is -3.07. The summed E-state index contributed by atoms with van der Waals surface area (Å²) in [7, 11) is 1.60. The van der Waals surface area contributed by atoms with Crippen LogP contribution in [0, 0.1) is 21.4 Å². The third kappa shape index (κ3) is 3.77. The van der Waals surface area contributed by atoms with E-state index in [4.69, 9.17) is 10.00 Å². The van der Waals surface area contributed by atoms with Crippen molar-refractivity contribution >= 4 is 11.4 Å². The van der Waals surface area contributed by atoms with Crippen LogP contribution in [0.4, 0.5) is 11.4 Å². The van der Waals surface area contributed by atoms with Gasteiger partial charge in [0.2, 0.25) is 0 Å². The number of methoxy groups -OCH3 is 1. The van der Waals surface area contributed by atoms with Crippen molar-refractivity contribution in [3.05, 3.63) is 63.7 Å². The van der Waals surface area contributed by atoms with E-state index >= 15 is 0 Å². The molecule has 2 rings (SSSR count). The molecule has 0 unspecified atom stereocenters. The fourth-order valence-electron chi connectivity index (χ4n) is 2.33. The van der Waals surface area contributed by atoms with Crippen LogP contribution in [0.3, 0.4) is 0 Å². The predicted octanol–water partition coefficient (Wildman–Crippen LogP) is 3.50. The van der Waals surface area contributed by atoms with Gasteiger partial charge in [-0.1, -0.05) is 12.1 Å². The summed E-state index contributed by atoms with van der Waals surface area (Å²) in [5.74, 6) is 0.765. The smallest absolute Gasteiger partial charge is 0.293 e. The van der Waals surface area contributed by atoms with Gasteiger partial charge >= 0.3 is 0 Å². The number of nitrogens with zero attached hydrogens (tertiary/aromatic N) is 3. The summed E-state index contributed by atoms with van der Waals surface area (Å²) >= 11 is 0. The van der Waals surface area contributed by atoms with Gasteiger partial charge in [-0.2, -0.15) is 5.26 Å². The van der Waals surface area contributed by atoms with Crippen molar-refractivity contribution in [1.82, 2.24) is 0 Å². The molecule has 0 N–H and O–H groups in total. The number of nitro groups is 1. The van der Waals surface area contributed by atoms with Crippen LogP contribution in [-0.2, 0) is 6.54 Å². The zero-order valence-corrected chi connectivity index (χ0v) is 13.0. The van der Waals surface area contributed by atoms with Gasteiger partial charge < -0.3 is 9.64 Å². The molecule has 0 fully saturated rings. The van der Waals surface area contributed by atoms with Crippen LogP contribution in [0.5, 0.6) is 5.75 Å². The normalized spacial score (nSPS) is 9.96. The molecule has 6 nitrogen and oxygen atoms in total. The third-order valence-electron chi connectivity index (χ3n) is 3.56. The van der Waals surface area contributed by atoms with E-state index in [1.54, 1.807) is 19.2 Å². The van der Waals surface area contributed by atoms with Crippen molar-refractivity contribution in [1.29, 1.82) is 5.26 Å². The molecule has 118 valence electrons. The maximum absolute atomic E-state index is 11.3. The molecule has 0 radical (unpaired) electrons. The number of anilines is 1. The van der Waals surface area contributed by atoms with E-state index in [0.717, 1.165) is 11.3 Å². The standard InChI is InChI=1S/C17H17N3O3/c1-3-19(12-13-4-7-15(23-2)8-5-13)16-9-6-14(11-18)10-17(16)20(21)22/h4-10H,3,12H2,1-2H3. The van der Waals surface area contributed by atoms with Crippen LogP contribution >= 0.6 is 0 Å². The number of nitriles is 1. The molecule has 23 heavy (non-hydrogen) atoms. The van der Waals surface area contributed by atoms with E-state index in [2.05, 4.69) is 0 Å². The Bertz CT molecular complexity index is 736. The van der Waals surface area contributed by atoms with Gasteiger partial charge in [-0.15, -0.1) is 0 Å². The number of hydrogen-bond donors (Lipinski definition) is 0. The topological polar surface area (TPSA) is 79.4 Å². The van der Waals surface area contributed by atoms with E-state index in [9.17, 15) is 10.1 Å². The highest BCUT2D eigenvalue weighted by Crippen LogP contribution is 2.30. The highest BCUT2D eigenvalue weighted by molar-refractivity contribution is 5.65. The zero-order valence-electron chi connectivity index (χ0n) is 13.0. The van der Waals surface area contributed by atoms with Crippen LogP contribution < -0.4 is 9.64 Å². The van der Waals surface area contributed by atoms with E-state index in [1.807, 2.05) is 42.2 Å². The van der Waals surface area contributed by atoms with Gasteiger partial charge in [0, 0.05) is 19.2 Å². The number of benzene rings is 2. The molecule has 0 bridgehead atoms. The zero-order chi connectivity index (χ0) is 16.8. The lowest BCUT2D eigenvalue weighted by Gasteiger charge is -2.23. The van der Waals surface area contributed by atoms with E-state index in [0.29, 0.717) is 18.8 Å². The predicted molar refractivity (Wildman–Crippen MR) is 87.5 cm³/mol. The molecule has 0 spiro atoms. The van der Waals surface area contributed by atoms with Crippen LogP contribution in [0.1, 0.15) is 18.1 Å². The van der Waals surface area contributed by atoms with Crippen LogP contribution in [0.15, 0.2) is 42.5 Å². The first kappa shape index (κ1) is 16.3. The first-order chi connectivity index (χ1) is 11.1. The molecule has 0 aliphatic heterocycles. The molecule has 0 amide bonds. The minimum Gasteiger partial charge on any atom is -0.497 e. The molecule has 6 heteroatoms. The lowest BCUT2D eigenvalue weighted by Crippen LogP contribution is -2.23. The Morgan fingerprint density at radius 1 is 1.26 bits per heavy atom. The minimum absolute atomic E-state index is 0.0561. The van der Waals surface area contributed by atoms with Gasteiger partial charge in [-0.25, -0.2) is 0 Å². The lowest BCUT2D eigenvalue weighted by atomic mass is 10.1. The van der Waals surface area contributed by atoms with E-state index < -0.39 is 4.92 Å². The van der Waals surface area contributed by atoms with Crippen molar-refractivity contribution < 1.29 is 9.66 Å². The fraction of sp³-hybridized carbons (Fsp3) is 0.235. The summed E-state index contributed by atoms with van der Waals surface area (Å²) in [6, 6.07) is 14.0. The van der Waals surface area contributed by atoms with Crippen molar-refractivity contribution in [3.63, 3.8) is 0 Å². The molecule has 0 aliphatic rings. The maximum atomic E-state index is 11.3. The van der Waals surface area contributed by atoms with Gasteiger partial charge in [-0.05, 0) is 36.8 Å². The summed E-state index contributed by atoms with van der Waals surface area (Å²) in [6.07, 6.45) is 0. The quantitative estimate of drug-likeness (QED) is 0.602. The number of nitro benzene ring substituents is 1. The Morgan fingerprint density at radius 2 is 1.96 bits per heavy atom. The Balaban J connectivity index is 2.33. The van der Waals surface area contributed by atoms with E-state index in [-0.39, 0.29) is 11.3 Å². The molecule has 0 heterocycles. The molecule has 0 aromatic heterocycles. The second-order valence-electron chi connectivity index (χ2n) is 4.93. The monoisotopic (exact) mass is 311 g/mol. The second-order valence-corrected chi connectivity index (χ2v) is 4.93. The molecule has 0 saturated carbocycles. The van der Waals surface area contributed by atoms with Crippen molar-refractivity contribution in [2.24, 2.45) is 0 Å². The van der Waals surface area contributed by atoms with Gasteiger partial charge in [0.1, 0.15) is 11.4 Å². The summed E-state index contributed by atoms with van der Waals surface area (Å²) in [5.41, 5.74) is 1.75. The van der Waals surface area contributed by atoms with Crippen LogP contribution in [-0.4, -0.2) is 18.6 Å². The van der Waals surface area contributed by atoms with Gasteiger partial charge in [-0.3, -0.25) is 10.1 Å². The fourth-order valence-corrected chi connectivity index (χ4v) is 2.33. The molecule has 0 atom stereocenters. The summed E-state index contributed by atoms with van der Waals surface area (Å²) in [4.78, 5) is 12.8. The Morgan fingerprint density at radius 3 is 2.48 bits per heavy atom. The molecule has 0 aliphatic carbocycles. The molecule has 2 aromatic carbocycles. The highest BCUT2D eigenvalue weighted by atomic mass is 16.6. The number of ether oxygens (including phenoxy) is 1. The minimum atomic E-state index is -0.452. The summed E-state index contributed by atoms with van der Waals surface area (Å²) in [5, 5.41) is 20.2. The van der Waals surface area contributed by atoms with Gasteiger partial charge in [0.25, 0.3) is 5.69 Å². The van der Waals surface area contributed by atoms with Crippen molar-refractivity contribution in [2.75, 3.05) is 18.6 Å². The lowest BCUT2D eigenvalue weighted by molar-refractivity contribution is -0.384. The Kier molecular flexibility index (Phi) is 5.15. The van der Waals surface area contributed by atoms with Gasteiger partial charge in [0.15, 0.2) is 0 Å². The SMILES string of the molecule is CCN(Cc1ccc(OC)cc1)c1ccc(C#N)cc1[N+](=O)[O-]. The third-order valence-corrected chi connectivity index (χ3v) is 3.56. The Labute approximate surface area is 134 Å². The molecular weight excluding hydrogens is 294 g/mol. The number of rotatable bonds is 6. The van der Waals surface area contributed by atoms with Crippen molar-refractivity contribution in [3.8, 4) is 11.8 Å². The summed E-state index contributed by atoms with van der Waals surface area (Å²) < 4.78 is 5.13.